The van der Waals surface area contributed by atoms with Crippen LogP contribution in [0.25, 0.3) is 0 Å². The van der Waals surface area contributed by atoms with Crippen LogP contribution in [0.4, 0.5) is 5.69 Å². The zero-order valence-corrected chi connectivity index (χ0v) is 10.8. The number of anilines is 1. The predicted molar refractivity (Wildman–Crippen MR) is 74.9 cm³/mol. The molecular formula is C15H18N2O2. The van der Waals surface area contributed by atoms with Gasteiger partial charge in [-0.1, -0.05) is 24.6 Å². The van der Waals surface area contributed by atoms with Gasteiger partial charge in [-0.15, -0.1) is 6.58 Å². The first-order chi connectivity index (χ1) is 9.22. The molecule has 1 aliphatic carbocycles. The summed E-state index contributed by atoms with van der Waals surface area (Å²) in [6.07, 6.45) is 4.61. The van der Waals surface area contributed by atoms with E-state index in [1.165, 1.54) is 0 Å². The number of para-hydroxylation sites is 1. The highest BCUT2D eigenvalue weighted by Crippen LogP contribution is 2.28. The van der Waals surface area contributed by atoms with Crippen LogP contribution in [0.15, 0.2) is 36.9 Å². The number of carbonyl (C=O) groups excluding carboxylic acids is 2. The van der Waals surface area contributed by atoms with Crippen LogP contribution in [-0.4, -0.2) is 18.4 Å². The molecular weight excluding hydrogens is 240 g/mol. The molecule has 100 valence electrons. The van der Waals surface area contributed by atoms with Gasteiger partial charge in [0.05, 0.1) is 11.3 Å². The van der Waals surface area contributed by atoms with Crippen molar-refractivity contribution in [3.63, 3.8) is 0 Å². The van der Waals surface area contributed by atoms with Gasteiger partial charge in [0, 0.05) is 12.5 Å². The number of nitrogens with one attached hydrogen (secondary N) is 2. The summed E-state index contributed by atoms with van der Waals surface area (Å²) in [6.45, 7) is 3.96. The van der Waals surface area contributed by atoms with Crippen molar-refractivity contribution in [2.75, 3.05) is 11.9 Å². The largest absolute Gasteiger partial charge is 0.349 e. The third-order valence-electron chi connectivity index (χ3n) is 3.31. The normalized spacial score (nSPS) is 14.3. The lowest BCUT2D eigenvalue weighted by Gasteiger charge is -2.24. The summed E-state index contributed by atoms with van der Waals surface area (Å²) in [5, 5.41) is 5.56. The van der Waals surface area contributed by atoms with Crippen molar-refractivity contribution >= 4 is 17.5 Å². The minimum Gasteiger partial charge on any atom is -0.349 e. The number of hydrogen-bond acceptors (Lipinski definition) is 2. The molecule has 0 bridgehead atoms. The Kier molecular flexibility index (Phi) is 4.34. The second-order valence-electron chi connectivity index (χ2n) is 4.66. The molecule has 1 aromatic rings. The standard InChI is InChI=1S/C15H18N2O2/c1-2-10-16-15(19)12-8-3-4-9-13(12)17-14(18)11-6-5-7-11/h2-4,8-9,11H,1,5-7,10H2,(H,16,19)(H,17,18). The van der Waals surface area contributed by atoms with Crippen LogP contribution in [0.2, 0.25) is 0 Å². The topological polar surface area (TPSA) is 58.2 Å². The Labute approximate surface area is 112 Å². The second kappa shape index (κ2) is 6.18. The zero-order valence-electron chi connectivity index (χ0n) is 10.8. The van der Waals surface area contributed by atoms with Gasteiger partial charge in [0.15, 0.2) is 0 Å². The molecule has 0 spiro atoms. The molecule has 0 aliphatic heterocycles. The molecule has 1 saturated carbocycles. The smallest absolute Gasteiger partial charge is 0.253 e. The van der Waals surface area contributed by atoms with E-state index in [0.29, 0.717) is 17.8 Å². The maximum atomic E-state index is 11.9. The van der Waals surface area contributed by atoms with Crippen molar-refractivity contribution in [3.8, 4) is 0 Å². The zero-order chi connectivity index (χ0) is 13.7. The van der Waals surface area contributed by atoms with E-state index >= 15 is 0 Å². The molecule has 19 heavy (non-hydrogen) atoms. The third kappa shape index (κ3) is 3.22. The Bertz CT molecular complexity index is 493. The highest BCUT2D eigenvalue weighted by atomic mass is 16.2. The molecule has 0 atom stereocenters. The molecule has 1 fully saturated rings. The summed E-state index contributed by atoms with van der Waals surface area (Å²) in [7, 11) is 0. The van der Waals surface area contributed by atoms with Gasteiger partial charge in [0.2, 0.25) is 5.91 Å². The van der Waals surface area contributed by atoms with E-state index in [-0.39, 0.29) is 17.7 Å². The molecule has 4 heteroatoms. The number of carbonyl (C=O) groups is 2. The van der Waals surface area contributed by atoms with Crippen molar-refractivity contribution in [1.82, 2.24) is 5.32 Å². The maximum absolute atomic E-state index is 11.9. The molecule has 4 nitrogen and oxygen atoms in total. The number of benzene rings is 1. The van der Waals surface area contributed by atoms with Gasteiger partial charge in [-0.3, -0.25) is 9.59 Å². The fraction of sp³-hybridized carbons (Fsp3) is 0.333. The number of amides is 2. The number of rotatable bonds is 5. The molecule has 2 rings (SSSR count). The Morgan fingerprint density at radius 2 is 2.05 bits per heavy atom. The molecule has 1 aromatic carbocycles. The minimum absolute atomic E-state index is 0.00946. The van der Waals surface area contributed by atoms with Gasteiger partial charge < -0.3 is 10.6 Å². The van der Waals surface area contributed by atoms with Crippen LogP contribution in [0.5, 0.6) is 0 Å². The van der Waals surface area contributed by atoms with Crippen LogP contribution in [0, 0.1) is 5.92 Å². The minimum atomic E-state index is -0.204. The summed E-state index contributed by atoms with van der Waals surface area (Å²) >= 11 is 0. The second-order valence-corrected chi connectivity index (χ2v) is 4.66. The van der Waals surface area contributed by atoms with E-state index < -0.39 is 0 Å². The number of hydrogen-bond donors (Lipinski definition) is 2. The molecule has 0 aromatic heterocycles. The summed E-state index contributed by atoms with van der Waals surface area (Å²) in [5.41, 5.74) is 1.05. The quantitative estimate of drug-likeness (QED) is 0.796. The maximum Gasteiger partial charge on any atom is 0.253 e. The fourth-order valence-electron chi connectivity index (χ4n) is 1.96. The van der Waals surface area contributed by atoms with Gasteiger partial charge in [-0.2, -0.15) is 0 Å². The van der Waals surface area contributed by atoms with E-state index in [9.17, 15) is 9.59 Å². The van der Waals surface area contributed by atoms with Crippen molar-refractivity contribution in [2.45, 2.75) is 19.3 Å². The first kappa shape index (κ1) is 13.3. The Hall–Kier alpha value is -2.10. The monoisotopic (exact) mass is 258 g/mol. The summed E-state index contributed by atoms with van der Waals surface area (Å²) in [6, 6.07) is 7.04. The molecule has 2 amide bonds. The molecule has 0 radical (unpaired) electrons. The molecule has 0 heterocycles. The molecule has 0 saturated heterocycles. The fourth-order valence-corrected chi connectivity index (χ4v) is 1.96. The van der Waals surface area contributed by atoms with Gasteiger partial charge in [-0.25, -0.2) is 0 Å². The summed E-state index contributed by atoms with van der Waals surface area (Å²) < 4.78 is 0. The van der Waals surface area contributed by atoms with Gasteiger partial charge in [-0.05, 0) is 25.0 Å². The van der Waals surface area contributed by atoms with Crippen molar-refractivity contribution in [3.05, 3.63) is 42.5 Å². The SMILES string of the molecule is C=CCNC(=O)c1ccccc1NC(=O)C1CCC1. The average molecular weight is 258 g/mol. The van der Waals surface area contributed by atoms with Crippen LogP contribution >= 0.6 is 0 Å². The van der Waals surface area contributed by atoms with E-state index in [2.05, 4.69) is 17.2 Å². The molecule has 2 N–H and O–H groups in total. The Morgan fingerprint density at radius 3 is 2.68 bits per heavy atom. The summed E-state index contributed by atoms with van der Waals surface area (Å²) in [5.74, 6) is -0.0936. The van der Waals surface area contributed by atoms with E-state index in [1.807, 2.05) is 0 Å². The van der Waals surface area contributed by atoms with Crippen LogP contribution < -0.4 is 10.6 Å². The van der Waals surface area contributed by atoms with E-state index in [0.717, 1.165) is 19.3 Å². The van der Waals surface area contributed by atoms with Crippen LogP contribution in [0.3, 0.4) is 0 Å². The first-order valence-electron chi connectivity index (χ1n) is 6.51. The average Bonchev–Trinajstić information content (AvgIpc) is 2.34. The molecule has 0 unspecified atom stereocenters. The van der Waals surface area contributed by atoms with Crippen molar-refractivity contribution in [2.24, 2.45) is 5.92 Å². The predicted octanol–water partition coefficient (Wildman–Crippen LogP) is 2.34. The van der Waals surface area contributed by atoms with Gasteiger partial charge in [0.1, 0.15) is 0 Å². The van der Waals surface area contributed by atoms with Crippen LogP contribution in [0.1, 0.15) is 29.6 Å². The summed E-state index contributed by atoms with van der Waals surface area (Å²) in [4.78, 5) is 23.9. The van der Waals surface area contributed by atoms with E-state index in [1.54, 1.807) is 30.3 Å². The van der Waals surface area contributed by atoms with Crippen molar-refractivity contribution < 1.29 is 9.59 Å². The lowest BCUT2D eigenvalue weighted by Crippen LogP contribution is -2.30. The first-order valence-corrected chi connectivity index (χ1v) is 6.51. The third-order valence-corrected chi connectivity index (χ3v) is 3.31. The van der Waals surface area contributed by atoms with Gasteiger partial charge >= 0.3 is 0 Å². The Balaban J connectivity index is 2.08. The van der Waals surface area contributed by atoms with Crippen molar-refractivity contribution in [1.29, 1.82) is 0 Å². The van der Waals surface area contributed by atoms with E-state index in [4.69, 9.17) is 0 Å². The lowest BCUT2D eigenvalue weighted by molar-refractivity contribution is -0.122. The lowest BCUT2D eigenvalue weighted by atomic mass is 9.85. The molecule has 1 aliphatic rings. The highest BCUT2D eigenvalue weighted by Gasteiger charge is 2.26. The van der Waals surface area contributed by atoms with Crippen LogP contribution in [-0.2, 0) is 4.79 Å². The Morgan fingerprint density at radius 1 is 1.32 bits per heavy atom. The van der Waals surface area contributed by atoms with Gasteiger partial charge in [0.25, 0.3) is 5.91 Å². The highest BCUT2D eigenvalue weighted by molar-refractivity contribution is 6.04.